The van der Waals surface area contributed by atoms with Gasteiger partial charge in [0.15, 0.2) is 0 Å². The summed E-state index contributed by atoms with van der Waals surface area (Å²) in [5, 5.41) is 15.9. The van der Waals surface area contributed by atoms with Crippen LogP contribution in [0.1, 0.15) is 26.1 Å². The molecule has 1 aliphatic rings. The summed E-state index contributed by atoms with van der Waals surface area (Å²) in [4.78, 5) is 4.09. The number of nitrogens with zero attached hydrogens (tertiary/aromatic N) is 2. The minimum absolute atomic E-state index is 0.148. The summed E-state index contributed by atoms with van der Waals surface area (Å²) < 4.78 is 0. The maximum absolute atomic E-state index is 9.28. The highest BCUT2D eigenvalue weighted by Gasteiger charge is 2.63. The van der Waals surface area contributed by atoms with Gasteiger partial charge in [-0.3, -0.25) is 5.10 Å². The first-order chi connectivity index (χ1) is 5.62. The molecule has 1 unspecified atom stereocenters. The summed E-state index contributed by atoms with van der Waals surface area (Å²) in [7, 11) is 0. The Morgan fingerprint density at radius 1 is 1.67 bits per heavy atom. The topological polar surface area (TPSA) is 61.8 Å². The molecule has 0 radical (unpaired) electrons. The minimum atomic E-state index is -0.163. The van der Waals surface area contributed by atoms with E-state index in [1.54, 1.807) is 0 Å². The molecular weight excluding hydrogens is 154 g/mol. The van der Waals surface area contributed by atoms with Crippen molar-refractivity contribution in [3.05, 3.63) is 12.2 Å². The first-order valence-electron chi connectivity index (χ1n) is 4.09. The van der Waals surface area contributed by atoms with Crippen molar-refractivity contribution in [1.82, 2.24) is 15.2 Å². The Morgan fingerprint density at radius 2 is 2.33 bits per heavy atom. The normalized spacial score (nSPS) is 31.9. The molecule has 0 saturated heterocycles. The van der Waals surface area contributed by atoms with E-state index in [-0.39, 0.29) is 17.4 Å². The predicted molar refractivity (Wildman–Crippen MR) is 43.5 cm³/mol. The molecule has 1 aromatic heterocycles. The van der Waals surface area contributed by atoms with Crippen molar-refractivity contribution < 1.29 is 5.11 Å². The van der Waals surface area contributed by atoms with Crippen LogP contribution >= 0.6 is 0 Å². The zero-order chi connectivity index (χ0) is 8.82. The van der Waals surface area contributed by atoms with Crippen molar-refractivity contribution in [2.24, 2.45) is 5.41 Å². The van der Waals surface area contributed by atoms with E-state index in [1.165, 1.54) is 6.33 Å². The van der Waals surface area contributed by atoms with Crippen molar-refractivity contribution in [3.63, 3.8) is 0 Å². The number of aliphatic hydroxyl groups is 1. The van der Waals surface area contributed by atoms with Crippen molar-refractivity contribution in [2.45, 2.75) is 25.7 Å². The zero-order valence-corrected chi connectivity index (χ0v) is 7.33. The smallest absolute Gasteiger partial charge is 0.137 e. The minimum Gasteiger partial charge on any atom is -0.395 e. The van der Waals surface area contributed by atoms with Gasteiger partial charge in [-0.1, -0.05) is 13.8 Å². The lowest BCUT2D eigenvalue weighted by atomic mass is 9.96. The second-order valence-electron chi connectivity index (χ2n) is 4.13. The van der Waals surface area contributed by atoms with Crippen LogP contribution in [-0.4, -0.2) is 26.9 Å². The number of H-pyrrole nitrogens is 1. The molecular formula is C8H13N3O. The molecule has 1 aliphatic carbocycles. The third-order valence-corrected chi connectivity index (χ3v) is 3.05. The molecule has 0 aromatic carbocycles. The van der Waals surface area contributed by atoms with E-state index >= 15 is 0 Å². The number of rotatable bonds is 2. The number of aromatic nitrogens is 3. The quantitative estimate of drug-likeness (QED) is 0.672. The second kappa shape index (κ2) is 2.07. The molecule has 0 spiro atoms. The van der Waals surface area contributed by atoms with Gasteiger partial charge in [0.25, 0.3) is 0 Å². The molecule has 1 saturated carbocycles. The molecule has 4 heteroatoms. The van der Waals surface area contributed by atoms with Gasteiger partial charge in [-0.2, -0.15) is 5.10 Å². The molecule has 1 fully saturated rings. The third-order valence-electron chi connectivity index (χ3n) is 3.05. The van der Waals surface area contributed by atoms with Gasteiger partial charge in [-0.15, -0.1) is 0 Å². The fourth-order valence-electron chi connectivity index (χ4n) is 1.90. The van der Waals surface area contributed by atoms with Crippen molar-refractivity contribution in [2.75, 3.05) is 6.61 Å². The van der Waals surface area contributed by atoms with Crippen molar-refractivity contribution in [3.8, 4) is 0 Å². The maximum atomic E-state index is 9.28. The molecule has 4 nitrogen and oxygen atoms in total. The van der Waals surface area contributed by atoms with E-state index in [9.17, 15) is 5.11 Å². The van der Waals surface area contributed by atoms with Crippen molar-refractivity contribution in [1.29, 1.82) is 0 Å². The van der Waals surface area contributed by atoms with Crippen LogP contribution in [0.15, 0.2) is 6.33 Å². The molecule has 66 valence electrons. The second-order valence-corrected chi connectivity index (χ2v) is 4.13. The van der Waals surface area contributed by atoms with Crippen LogP contribution in [0.5, 0.6) is 0 Å². The molecule has 2 rings (SSSR count). The van der Waals surface area contributed by atoms with Gasteiger partial charge in [0, 0.05) is 0 Å². The average molecular weight is 167 g/mol. The van der Waals surface area contributed by atoms with Crippen LogP contribution in [0, 0.1) is 5.41 Å². The van der Waals surface area contributed by atoms with Gasteiger partial charge in [0.1, 0.15) is 12.2 Å². The third kappa shape index (κ3) is 0.756. The lowest BCUT2D eigenvalue weighted by molar-refractivity contribution is 0.225. The van der Waals surface area contributed by atoms with E-state index in [4.69, 9.17) is 0 Å². The Hall–Kier alpha value is -0.900. The monoisotopic (exact) mass is 167 g/mol. The van der Waals surface area contributed by atoms with Crippen LogP contribution in [0.3, 0.4) is 0 Å². The van der Waals surface area contributed by atoms with Gasteiger partial charge in [-0.05, 0) is 11.8 Å². The van der Waals surface area contributed by atoms with E-state index in [1.807, 2.05) is 0 Å². The zero-order valence-electron chi connectivity index (χ0n) is 7.33. The summed E-state index contributed by atoms with van der Waals surface area (Å²) in [6.07, 6.45) is 2.47. The Labute approximate surface area is 71.0 Å². The van der Waals surface area contributed by atoms with Gasteiger partial charge < -0.3 is 5.11 Å². The van der Waals surface area contributed by atoms with Crippen LogP contribution in [-0.2, 0) is 5.41 Å². The van der Waals surface area contributed by atoms with E-state index in [0.717, 1.165) is 12.2 Å². The van der Waals surface area contributed by atoms with Crippen molar-refractivity contribution >= 4 is 0 Å². The molecule has 2 N–H and O–H groups in total. The Kier molecular flexibility index (Phi) is 1.33. The SMILES string of the molecule is CC1(C)CC1(CO)c1ncn[nH]1. The van der Waals surface area contributed by atoms with E-state index in [0.29, 0.717) is 0 Å². The summed E-state index contributed by atoms with van der Waals surface area (Å²) in [5.41, 5.74) is -0.00914. The number of aromatic amines is 1. The largest absolute Gasteiger partial charge is 0.395 e. The molecule has 0 amide bonds. The lowest BCUT2D eigenvalue weighted by Crippen LogP contribution is -2.20. The van der Waals surface area contributed by atoms with Crippen LogP contribution in [0.2, 0.25) is 0 Å². The highest BCUT2D eigenvalue weighted by Crippen LogP contribution is 2.62. The molecule has 1 aromatic rings. The Balaban J connectivity index is 2.34. The number of nitrogens with one attached hydrogen (secondary N) is 1. The Bertz CT molecular complexity index is 281. The van der Waals surface area contributed by atoms with Crippen LogP contribution in [0.25, 0.3) is 0 Å². The molecule has 1 heterocycles. The lowest BCUT2D eigenvalue weighted by Gasteiger charge is -2.13. The summed E-state index contributed by atoms with van der Waals surface area (Å²) in [6, 6.07) is 0. The summed E-state index contributed by atoms with van der Waals surface area (Å²) in [5.74, 6) is 0.815. The number of aliphatic hydroxyl groups excluding tert-OH is 1. The molecule has 1 atom stereocenters. The fraction of sp³-hybridized carbons (Fsp3) is 0.750. The van der Waals surface area contributed by atoms with Crippen LogP contribution < -0.4 is 0 Å². The first kappa shape index (κ1) is 7.73. The van der Waals surface area contributed by atoms with Gasteiger partial charge in [0.2, 0.25) is 0 Å². The molecule has 0 aliphatic heterocycles. The standard InChI is InChI=1S/C8H13N3O/c1-7(2)3-8(7,4-12)6-9-5-10-11-6/h5,12H,3-4H2,1-2H3,(H,9,10,11). The highest BCUT2D eigenvalue weighted by atomic mass is 16.3. The van der Waals surface area contributed by atoms with Crippen LogP contribution in [0.4, 0.5) is 0 Å². The highest BCUT2D eigenvalue weighted by molar-refractivity contribution is 5.26. The van der Waals surface area contributed by atoms with E-state index in [2.05, 4.69) is 29.0 Å². The van der Waals surface area contributed by atoms with Gasteiger partial charge in [0.05, 0.1) is 12.0 Å². The maximum Gasteiger partial charge on any atom is 0.137 e. The average Bonchev–Trinajstić information content (AvgIpc) is 2.52. The Morgan fingerprint density at radius 3 is 2.67 bits per heavy atom. The van der Waals surface area contributed by atoms with Gasteiger partial charge >= 0.3 is 0 Å². The molecule has 12 heavy (non-hydrogen) atoms. The van der Waals surface area contributed by atoms with Gasteiger partial charge in [-0.25, -0.2) is 4.98 Å². The molecule has 0 bridgehead atoms. The predicted octanol–water partition coefficient (Wildman–Crippen LogP) is 0.465. The number of hydrogen-bond acceptors (Lipinski definition) is 3. The van der Waals surface area contributed by atoms with E-state index < -0.39 is 0 Å². The first-order valence-corrected chi connectivity index (χ1v) is 4.09. The number of hydrogen-bond donors (Lipinski definition) is 2. The summed E-state index contributed by atoms with van der Waals surface area (Å²) in [6.45, 7) is 4.41. The fourth-order valence-corrected chi connectivity index (χ4v) is 1.90. The summed E-state index contributed by atoms with van der Waals surface area (Å²) >= 11 is 0.